The fourth-order valence-corrected chi connectivity index (χ4v) is 4.08. The highest BCUT2D eigenvalue weighted by Gasteiger charge is 2.28. The molecule has 3 unspecified atom stereocenters. The third-order valence-corrected chi connectivity index (χ3v) is 6.27. The minimum atomic E-state index is -0.155. The smallest absolute Gasteiger partial charge is 0.224 e. The zero-order chi connectivity index (χ0) is 22.1. The monoisotopic (exact) mass is 422 g/mol. The van der Waals surface area contributed by atoms with Gasteiger partial charge in [0, 0.05) is 31.0 Å². The van der Waals surface area contributed by atoms with Gasteiger partial charge in [0.2, 0.25) is 11.8 Å². The largest absolute Gasteiger partial charge is 0.493 e. The highest BCUT2D eigenvalue weighted by Crippen LogP contribution is 2.29. The second kappa shape index (κ2) is 11.5. The third-order valence-electron chi connectivity index (χ3n) is 6.27. The van der Waals surface area contributed by atoms with Crippen LogP contribution < -0.4 is 15.4 Å². The second-order valence-electron chi connectivity index (χ2n) is 8.60. The van der Waals surface area contributed by atoms with Crippen molar-refractivity contribution < 1.29 is 14.3 Å². The van der Waals surface area contributed by atoms with Crippen molar-refractivity contribution in [2.45, 2.75) is 58.4 Å². The van der Waals surface area contributed by atoms with E-state index in [-0.39, 0.29) is 30.7 Å². The van der Waals surface area contributed by atoms with Gasteiger partial charge in [0.25, 0.3) is 0 Å². The fraction of sp³-hybridized carbons (Fsp3) is 0.462. The van der Waals surface area contributed by atoms with E-state index in [4.69, 9.17) is 4.74 Å². The number of nitrogens with one attached hydrogen (secondary N) is 2. The number of anilines is 1. The Labute approximate surface area is 185 Å². The van der Waals surface area contributed by atoms with Crippen LogP contribution in [0.2, 0.25) is 0 Å². The Morgan fingerprint density at radius 2 is 1.65 bits per heavy atom. The van der Waals surface area contributed by atoms with Crippen LogP contribution in [0, 0.1) is 11.8 Å². The van der Waals surface area contributed by atoms with Crippen LogP contribution in [0.5, 0.6) is 5.75 Å². The topological polar surface area (TPSA) is 67.4 Å². The lowest BCUT2D eigenvalue weighted by Gasteiger charge is -2.34. The molecule has 0 spiro atoms. The predicted octanol–water partition coefficient (Wildman–Crippen LogP) is 4.97. The molecule has 0 heterocycles. The van der Waals surface area contributed by atoms with Crippen molar-refractivity contribution >= 4 is 17.5 Å². The number of hydrogen-bond donors (Lipinski definition) is 2. The lowest BCUT2D eigenvalue weighted by atomic mass is 9.78. The minimum absolute atomic E-state index is 0.0386. The van der Waals surface area contributed by atoms with Gasteiger partial charge in [-0.1, -0.05) is 57.0 Å². The van der Waals surface area contributed by atoms with Crippen LogP contribution in [0.15, 0.2) is 54.6 Å². The number of benzene rings is 2. The molecule has 2 N–H and O–H groups in total. The molecule has 0 saturated heterocycles. The Hall–Kier alpha value is -2.82. The number of rotatable bonds is 9. The minimum Gasteiger partial charge on any atom is -0.493 e. The van der Waals surface area contributed by atoms with Gasteiger partial charge < -0.3 is 15.4 Å². The van der Waals surface area contributed by atoms with Crippen LogP contribution in [-0.4, -0.2) is 24.5 Å². The summed E-state index contributed by atoms with van der Waals surface area (Å²) in [6, 6.07) is 17.8. The van der Waals surface area contributed by atoms with Crippen molar-refractivity contribution in [3.8, 4) is 5.75 Å². The van der Waals surface area contributed by atoms with E-state index >= 15 is 0 Å². The summed E-state index contributed by atoms with van der Waals surface area (Å²) in [5.74, 6) is 1.69. The molecule has 2 amide bonds. The standard InChI is InChI=1S/C26H34N2O3/c1-19-7-6-10-24(20(19)2)28-26(30)16-15-25(29)27-22-11-13-23(14-12-22)31-18-17-21-8-4-3-5-9-21/h3-5,8-9,11-14,19-20,24H,6-7,10,15-18H2,1-2H3,(H,27,29)(H,28,30). The molecule has 1 aliphatic rings. The molecular formula is C26H34N2O3. The first kappa shape index (κ1) is 22.9. The molecular weight excluding hydrogens is 388 g/mol. The van der Waals surface area contributed by atoms with Crippen LogP contribution in [0.3, 0.4) is 0 Å². The summed E-state index contributed by atoms with van der Waals surface area (Å²) in [6.45, 7) is 5.05. The van der Waals surface area contributed by atoms with Crippen molar-refractivity contribution in [1.29, 1.82) is 0 Å². The number of carbonyl (C=O) groups is 2. The Bertz CT molecular complexity index is 835. The molecule has 1 aliphatic carbocycles. The maximum Gasteiger partial charge on any atom is 0.224 e. The Balaban J connectivity index is 1.35. The molecule has 5 nitrogen and oxygen atoms in total. The summed E-state index contributed by atoms with van der Waals surface area (Å²) in [4.78, 5) is 24.5. The first-order valence-corrected chi connectivity index (χ1v) is 11.4. The number of amides is 2. The molecule has 1 fully saturated rings. The first-order chi connectivity index (χ1) is 15.0. The van der Waals surface area contributed by atoms with E-state index in [1.807, 2.05) is 42.5 Å². The van der Waals surface area contributed by atoms with E-state index in [9.17, 15) is 9.59 Å². The lowest BCUT2D eigenvalue weighted by Crippen LogP contribution is -2.43. The average molecular weight is 423 g/mol. The summed E-state index contributed by atoms with van der Waals surface area (Å²) >= 11 is 0. The Morgan fingerprint density at radius 1 is 0.935 bits per heavy atom. The van der Waals surface area contributed by atoms with Crippen LogP contribution >= 0.6 is 0 Å². The number of hydrogen-bond acceptors (Lipinski definition) is 3. The second-order valence-corrected chi connectivity index (χ2v) is 8.60. The van der Waals surface area contributed by atoms with Crippen molar-refractivity contribution in [1.82, 2.24) is 5.32 Å². The molecule has 0 radical (unpaired) electrons. The van der Waals surface area contributed by atoms with Gasteiger partial charge in [0.1, 0.15) is 5.75 Å². The van der Waals surface area contributed by atoms with E-state index in [1.165, 1.54) is 12.0 Å². The molecule has 31 heavy (non-hydrogen) atoms. The number of ether oxygens (including phenoxy) is 1. The molecule has 1 saturated carbocycles. The van der Waals surface area contributed by atoms with Gasteiger partial charge in [0.05, 0.1) is 6.61 Å². The van der Waals surface area contributed by atoms with Gasteiger partial charge in [-0.05, 0) is 48.1 Å². The van der Waals surface area contributed by atoms with E-state index in [1.54, 1.807) is 0 Å². The predicted molar refractivity (Wildman–Crippen MR) is 124 cm³/mol. The summed E-state index contributed by atoms with van der Waals surface area (Å²) in [7, 11) is 0. The molecule has 5 heteroatoms. The fourth-order valence-electron chi connectivity index (χ4n) is 4.08. The van der Waals surface area contributed by atoms with Gasteiger partial charge in [-0.3, -0.25) is 9.59 Å². The molecule has 166 valence electrons. The summed E-state index contributed by atoms with van der Waals surface area (Å²) in [5.41, 5.74) is 1.94. The average Bonchev–Trinajstić information content (AvgIpc) is 2.77. The van der Waals surface area contributed by atoms with Crippen molar-refractivity contribution in [2.75, 3.05) is 11.9 Å². The van der Waals surface area contributed by atoms with Crippen LogP contribution in [0.25, 0.3) is 0 Å². The Morgan fingerprint density at radius 3 is 2.39 bits per heavy atom. The van der Waals surface area contributed by atoms with Crippen LogP contribution in [-0.2, 0) is 16.0 Å². The Kier molecular flexibility index (Phi) is 8.51. The van der Waals surface area contributed by atoms with Gasteiger partial charge in [-0.2, -0.15) is 0 Å². The third kappa shape index (κ3) is 7.42. The molecule has 0 aliphatic heterocycles. The molecule has 0 aromatic heterocycles. The van der Waals surface area contributed by atoms with Gasteiger partial charge in [0.15, 0.2) is 0 Å². The summed E-state index contributed by atoms with van der Waals surface area (Å²) in [6.07, 6.45) is 4.65. The van der Waals surface area contributed by atoms with E-state index < -0.39 is 0 Å². The van der Waals surface area contributed by atoms with Gasteiger partial charge in [-0.25, -0.2) is 0 Å². The maximum atomic E-state index is 12.3. The maximum absolute atomic E-state index is 12.3. The van der Waals surface area contributed by atoms with E-state index in [0.717, 1.165) is 25.0 Å². The van der Waals surface area contributed by atoms with E-state index in [0.29, 0.717) is 24.1 Å². The van der Waals surface area contributed by atoms with Crippen molar-refractivity contribution in [2.24, 2.45) is 11.8 Å². The number of carbonyl (C=O) groups excluding carboxylic acids is 2. The zero-order valence-corrected chi connectivity index (χ0v) is 18.6. The van der Waals surface area contributed by atoms with Crippen LogP contribution in [0.1, 0.15) is 51.5 Å². The molecule has 2 aromatic carbocycles. The molecule has 3 atom stereocenters. The van der Waals surface area contributed by atoms with Crippen molar-refractivity contribution in [3.63, 3.8) is 0 Å². The quantitative estimate of drug-likeness (QED) is 0.600. The zero-order valence-electron chi connectivity index (χ0n) is 18.6. The summed E-state index contributed by atoms with van der Waals surface area (Å²) in [5, 5.41) is 5.97. The summed E-state index contributed by atoms with van der Waals surface area (Å²) < 4.78 is 5.77. The van der Waals surface area contributed by atoms with Gasteiger partial charge >= 0.3 is 0 Å². The first-order valence-electron chi connectivity index (χ1n) is 11.4. The molecule has 3 rings (SSSR count). The molecule has 2 aromatic rings. The van der Waals surface area contributed by atoms with Crippen LogP contribution in [0.4, 0.5) is 5.69 Å². The highest BCUT2D eigenvalue weighted by atomic mass is 16.5. The normalized spacial score (nSPS) is 20.6. The highest BCUT2D eigenvalue weighted by molar-refractivity contribution is 5.93. The lowest BCUT2D eigenvalue weighted by molar-refractivity contribution is -0.125. The van der Waals surface area contributed by atoms with E-state index in [2.05, 4.69) is 36.6 Å². The van der Waals surface area contributed by atoms with Crippen molar-refractivity contribution in [3.05, 3.63) is 60.2 Å². The SMILES string of the molecule is CC1CCCC(NC(=O)CCC(=O)Nc2ccc(OCCc3ccccc3)cc2)C1C. The molecule has 0 bridgehead atoms. The van der Waals surface area contributed by atoms with Gasteiger partial charge in [-0.15, -0.1) is 0 Å².